The van der Waals surface area contributed by atoms with Gasteiger partial charge in [0.1, 0.15) is 6.10 Å². The Bertz CT molecular complexity index is 637. The number of aromatic amines is 1. The third-order valence-corrected chi connectivity index (χ3v) is 3.13. The molecule has 0 radical (unpaired) electrons. The summed E-state index contributed by atoms with van der Waals surface area (Å²) in [4.78, 5) is 7.25. The molecule has 2 heterocycles. The van der Waals surface area contributed by atoms with Gasteiger partial charge in [-0.1, -0.05) is 29.8 Å². The van der Waals surface area contributed by atoms with Gasteiger partial charge in [0.2, 0.25) is 0 Å². The maximum Gasteiger partial charge on any atom is 0.119 e. The van der Waals surface area contributed by atoms with Crippen molar-refractivity contribution in [2.24, 2.45) is 0 Å². The molecule has 0 spiro atoms. The molecule has 0 amide bonds. The van der Waals surface area contributed by atoms with Gasteiger partial charge in [0.15, 0.2) is 0 Å². The molecule has 0 unspecified atom stereocenters. The third-order valence-electron chi connectivity index (χ3n) is 3.13. The van der Waals surface area contributed by atoms with E-state index in [4.69, 9.17) is 0 Å². The molecule has 18 heavy (non-hydrogen) atoms. The standard InChI is InChI=1S/C15H14N2O/c1-10-2-4-11(5-3-10)15(18)13-8-12-6-7-16-9-14(12)17-13/h2-9,15,17-18H,1H3/t15-/m1/s1. The van der Waals surface area contributed by atoms with E-state index in [1.165, 1.54) is 5.56 Å². The lowest BCUT2D eigenvalue weighted by Crippen LogP contribution is -1.99. The van der Waals surface area contributed by atoms with Gasteiger partial charge in [-0.15, -0.1) is 0 Å². The van der Waals surface area contributed by atoms with E-state index in [1.54, 1.807) is 12.4 Å². The van der Waals surface area contributed by atoms with Crippen molar-refractivity contribution in [1.82, 2.24) is 9.97 Å². The summed E-state index contributed by atoms with van der Waals surface area (Å²) < 4.78 is 0. The maximum atomic E-state index is 10.3. The van der Waals surface area contributed by atoms with Crippen molar-refractivity contribution >= 4 is 10.9 Å². The van der Waals surface area contributed by atoms with Crippen LogP contribution in [0.5, 0.6) is 0 Å². The predicted octanol–water partition coefficient (Wildman–Crippen LogP) is 2.95. The topological polar surface area (TPSA) is 48.9 Å². The number of aromatic nitrogens is 2. The Morgan fingerprint density at radius 1 is 1.17 bits per heavy atom. The van der Waals surface area contributed by atoms with Gasteiger partial charge in [-0.25, -0.2) is 0 Å². The quantitative estimate of drug-likeness (QED) is 0.721. The summed E-state index contributed by atoms with van der Waals surface area (Å²) >= 11 is 0. The first-order chi connectivity index (χ1) is 8.74. The zero-order valence-electron chi connectivity index (χ0n) is 10.1. The van der Waals surface area contributed by atoms with Crippen molar-refractivity contribution in [1.29, 1.82) is 0 Å². The van der Waals surface area contributed by atoms with Gasteiger partial charge >= 0.3 is 0 Å². The number of hydrogen-bond acceptors (Lipinski definition) is 2. The van der Waals surface area contributed by atoms with Crippen LogP contribution < -0.4 is 0 Å². The number of nitrogens with zero attached hydrogens (tertiary/aromatic N) is 1. The molecule has 1 atom stereocenters. The summed E-state index contributed by atoms with van der Waals surface area (Å²) in [5.41, 5.74) is 3.81. The van der Waals surface area contributed by atoms with E-state index >= 15 is 0 Å². The van der Waals surface area contributed by atoms with E-state index < -0.39 is 6.10 Å². The van der Waals surface area contributed by atoms with Gasteiger partial charge < -0.3 is 10.1 Å². The number of rotatable bonds is 2. The van der Waals surface area contributed by atoms with Crippen LogP contribution in [-0.2, 0) is 0 Å². The van der Waals surface area contributed by atoms with Crippen LogP contribution in [0.1, 0.15) is 22.9 Å². The van der Waals surface area contributed by atoms with Crippen LogP contribution in [-0.4, -0.2) is 15.1 Å². The zero-order valence-corrected chi connectivity index (χ0v) is 10.1. The molecular formula is C15H14N2O. The van der Waals surface area contributed by atoms with E-state index in [-0.39, 0.29) is 0 Å². The highest BCUT2D eigenvalue weighted by Crippen LogP contribution is 2.24. The van der Waals surface area contributed by atoms with Gasteiger partial charge in [-0.05, 0) is 24.6 Å². The number of fused-ring (bicyclic) bond motifs is 1. The van der Waals surface area contributed by atoms with Gasteiger partial charge in [-0.2, -0.15) is 0 Å². The predicted molar refractivity (Wildman–Crippen MR) is 71.3 cm³/mol. The van der Waals surface area contributed by atoms with Crippen LogP contribution in [0.4, 0.5) is 0 Å². The van der Waals surface area contributed by atoms with Crippen molar-refractivity contribution in [3.05, 3.63) is 65.6 Å². The number of aryl methyl sites for hydroxylation is 1. The Morgan fingerprint density at radius 3 is 2.67 bits per heavy atom. The van der Waals surface area contributed by atoms with E-state index in [1.807, 2.05) is 43.3 Å². The van der Waals surface area contributed by atoms with Crippen molar-refractivity contribution in [3.63, 3.8) is 0 Å². The lowest BCUT2D eigenvalue weighted by molar-refractivity contribution is 0.216. The average Bonchev–Trinajstić information content (AvgIpc) is 2.82. The number of aliphatic hydroxyl groups is 1. The van der Waals surface area contributed by atoms with E-state index in [9.17, 15) is 5.11 Å². The second kappa shape index (κ2) is 4.27. The number of benzene rings is 1. The molecule has 0 bridgehead atoms. The number of aliphatic hydroxyl groups excluding tert-OH is 1. The second-order valence-corrected chi connectivity index (χ2v) is 4.50. The Morgan fingerprint density at radius 2 is 1.94 bits per heavy atom. The molecule has 0 saturated heterocycles. The molecule has 2 aromatic heterocycles. The normalized spacial score (nSPS) is 12.8. The minimum atomic E-state index is -0.627. The third kappa shape index (κ3) is 1.89. The molecule has 0 aliphatic carbocycles. The molecule has 2 N–H and O–H groups in total. The Hall–Kier alpha value is -2.13. The van der Waals surface area contributed by atoms with Gasteiger partial charge in [-0.3, -0.25) is 4.98 Å². The molecular weight excluding hydrogens is 224 g/mol. The highest BCUT2D eigenvalue weighted by molar-refractivity contribution is 5.79. The monoisotopic (exact) mass is 238 g/mol. The molecule has 0 aliphatic rings. The molecule has 1 aromatic carbocycles. The molecule has 0 saturated carbocycles. The largest absolute Gasteiger partial charge is 0.382 e. The lowest BCUT2D eigenvalue weighted by Gasteiger charge is -2.09. The van der Waals surface area contributed by atoms with Crippen molar-refractivity contribution in [2.45, 2.75) is 13.0 Å². The van der Waals surface area contributed by atoms with Crippen LogP contribution in [0.25, 0.3) is 10.9 Å². The first-order valence-corrected chi connectivity index (χ1v) is 5.91. The number of nitrogens with one attached hydrogen (secondary N) is 1. The zero-order chi connectivity index (χ0) is 12.5. The summed E-state index contributed by atoms with van der Waals surface area (Å²) in [6.45, 7) is 2.03. The first-order valence-electron chi connectivity index (χ1n) is 5.91. The Labute approximate surface area is 105 Å². The molecule has 3 heteroatoms. The Kier molecular flexibility index (Phi) is 2.61. The fourth-order valence-electron chi connectivity index (χ4n) is 2.07. The van der Waals surface area contributed by atoms with E-state index in [0.29, 0.717) is 0 Å². The molecule has 0 aliphatic heterocycles. The molecule has 3 aromatic rings. The fraction of sp³-hybridized carbons (Fsp3) is 0.133. The fourth-order valence-corrected chi connectivity index (χ4v) is 2.07. The summed E-state index contributed by atoms with van der Waals surface area (Å²) in [6.07, 6.45) is 2.89. The van der Waals surface area contributed by atoms with E-state index in [0.717, 1.165) is 22.2 Å². The van der Waals surface area contributed by atoms with Gasteiger partial charge in [0.25, 0.3) is 0 Å². The maximum absolute atomic E-state index is 10.3. The van der Waals surface area contributed by atoms with Crippen molar-refractivity contribution in [2.75, 3.05) is 0 Å². The van der Waals surface area contributed by atoms with E-state index in [2.05, 4.69) is 9.97 Å². The number of H-pyrrole nitrogens is 1. The number of hydrogen-bond donors (Lipinski definition) is 2. The highest BCUT2D eigenvalue weighted by Gasteiger charge is 2.12. The number of pyridine rings is 1. The van der Waals surface area contributed by atoms with Crippen molar-refractivity contribution in [3.8, 4) is 0 Å². The van der Waals surface area contributed by atoms with Crippen LogP contribution in [0.15, 0.2) is 48.8 Å². The first kappa shape index (κ1) is 11.0. The summed E-state index contributed by atoms with van der Waals surface area (Å²) in [5, 5.41) is 11.4. The van der Waals surface area contributed by atoms with Gasteiger partial charge in [0.05, 0.1) is 11.7 Å². The van der Waals surface area contributed by atoms with Crippen LogP contribution in [0.3, 0.4) is 0 Å². The molecule has 3 rings (SSSR count). The average molecular weight is 238 g/mol. The lowest BCUT2D eigenvalue weighted by atomic mass is 10.1. The highest BCUT2D eigenvalue weighted by atomic mass is 16.3. The van der Waals surface area contributed by atoms with Gasteiger partial charge in [0, 0.05) is 17.3 Å². The molecule has 90 valence electrons. The summed E-state index contributed by atoms with van der Waals surface area (Å²) in [6, 6.07) is 11.8. The van der Waals surface area contributed by atoms with Crippen LogP contribution in [0, 0.1) is 6.92 Å². The SMILES string of the molecule is Cc1ccc([C@@H](O)c2cc3ccncc3[nH]2)cc1. The summed E-state index contributed by atoms with van der Waals surface area (Å²) in [5.74, 6) is 0. The van der Waals surface area contributed by atoms with Crippen LogP contribution >= 0.6 is 0 Å². The minimum absolute atomic E-state index is 0.627. The second-order valence-electron chi connectivity index (χ2n) is 4.50. The van der Waals surface area contributed by atoms with Crippen LogP contribution in [0.2, 0.25) is 0 Å². The van der Waals surface area contributed by atoms with Crippen molar-refractivity contribution < 1.29 is 5.11 Å². The Balaban J connectivity index is 2.00. The minimum Gasteiger partial charge on any atom is -0.382 e. The smallest absolute Gasteiger partial charge is 0.119 e. The summed E-state index contributed by atoms with van der Waals surface area (Å²) in [7, 11) is 0. The molecule has 0 fully saturated rings. The molecule has 3 nitrogen and oxygen atoms in total.